The van der Waals surface area contributed by atoms with Crippen LogP contribution < -0.4 is 10.3 Å². The molecule has 10 heteroatoms. The molecule has 2 aromatic carbocycles. The van der Waals surface area contributed by atoms with E-state index in [0.29, 0.717) is 11.0 Å². The molecule has 34 heavy (non-hydrogen) atoms. The predicted octanol–water partition coefficient (Wildman–Crippen LogP) is 4.40. The van der Waals surface area contributed by atoms with E-state index in [9.17, 15) is 4.79 Å². The minimum atomic E-state index is -0.234. The highest BCUT2D eigenvalue weighted by molar-refractivity contribution is 9.10. The average Bonchev–Trinajstić information content (AvgIpc) is 3.28. The van der Waals surface area contributed by atoms with Gasteiger partial charge in [0.15, 0.2) is 11.0 Å². The van der Waals surface area contributed by atoms with Crippen LogP contribution in [0.25, 0.3) is 17.1 Å². The summed E-state index contributed by atoms with van der Waals surface area (Å²) >= 11 is 4.76. The van der Waals surface area contributed by atoms with E-state index in [1.54, 1.807) is 18.6 Å². The van der Waals surface area contributed by atoms with E-state index < -0.39 is 0 Å². The van der Waals surface area contributed by atoms with Crippen LogP contribution in [-0.4, -0.2) is 51.7 Å². The van der Waals surface area contributed by atoms with Gasteiger partial charge < -0.3 is 4.90 Å². The molecule has 4 aromatic rings. The van der Waals surface area contributed by atoms with Gasteiger partial charge in [-0.05, 0) is 54.1 Å². The van der Waals surface area contributed by atoms with Gasteiger partial charge in [-0.2, -0.15) is 5.10 Å². The summed E-state index contributed by atoms with van der Waals surface area (Å²) in [4.78, 5) is 18.5. The quantitative estimate of drug-likeness (QED) is 0.204. The third kappa shape index (κ3) is 5.89. The van der Waals surface area contributed by atoms with Crippen LogP contribution in [0.3, 0.4) is 0 Å². The van der Waals surface area contributed by atoms with Gasteiger partial charge in [-0.1, -0.05) is 39.8 Å². The molecule has 172 valence electrons. The highest BCUT2D eigenvalue weighted by Gasteiger charge is 2.17. The van der Waals surface area contributed by atoms with Crippen molar-refractivity contribution in [1.29, 1.82) is 0 Å². The largest absolute Gasteiger partial charge is 0.378 e. The van der Waals surface area contributed by atoms with E-state index in [4.69, 9.17) is 0 Å². The van der Waals surface area contributed by atoms with Crippen LogP contribution in [0, 0.1) is 0 Å². The Kier molecular flexibility index (Phi) is 7.71. The summed E-state index contributed by atoms with van der Waals surface area (Å²) in [5.74, 6) is 0.579. The van der Waals surface area contributed by atoms with E-state index in [1.807, 2.05) is 84.2 Å². The Balaban J connectivity index is 1.45. The predicted molar refractivity (Wildman–Crippen MR) is 140 cm³/mol. The number of benzene rings is 2. The summed E-state index contributed by atoms with van der Waals surface area (Å²) in [5, 5.41) is 13.4. The zero-order valence-electron chi connectivity index (χ0n) is 18.6. The number of pyridine rings is 1. The van der Waals surface area contributed by atoms with Crippen LogP contribution in [-0.2, 0) is 4.79 Å². The Bertz CT molecular complexity index is 1270. The van der Waals surface area contributed by atoms with E-state index in [2.05, 4.69) is 41.6 Å². The van der Waals surface area contributed by atoms with Gasteiger partial charge in [0.2, 0.25) is 0 Å². The second-order valence-electron chi connectivity index (χ2n) is 7.42. The number of hydrazone groups is 1. The molecule has 2 heterocycles. The summed E-state index contributed by atoms with van der Waals surface area (Å²) < 4.78 is 2.90. The van der Waals surface area contributed by atoms with E-state index in [1.165, 1.54) is 11.8 Å². The van der Waals surface area contributed by atoms with Crippen molar-refractivity contribution in [1.82, 2.24) is 25.2 Å². The SMILES string of the molecule is CN(C)c1ccc(C=NNC(=O)CSc2nnc(-c3ccncc3)n2-c2ccc(Br)cc2)cc1. The zero-order valence-corrected chi connectivity index (χ0v) is 21.0. The highest BCUT2D eigenvalue weighted by Crippen LogP contribution is 2.28. The van der Waals surface area contributed by atoms with Crippen molar-refractivity contribution in [3.63, 3.8) is 0 Å². The number of thioether (sulfide) groups is 1. The Morgan fingerprint density at radius 2 is 1.76 bits per heavy atom. The lowest BCUT2D eigenvalue weighted by Gasteiger charge is -2.11. The fourth-order valence-electron chi connectivity index (χ4n) is 3.07. The number of nitrogens with one attached hydrogen (secondary N) is 1. The number of carbonyl (C=O) groups is 1. The Labute approximate surface area is 210 Å². The Morgan fingerprint density at radius 3 is 2.44 bits per heavy atom. The molecule has 0 saturated heterocycles. The maximum Gasteiger partial charge on any atom is 0.250 e. The minimum Gasteiger partial charge on any atom is -0.378 e. The molecule has 1 N–H and O–H groups in total. The Morgan fingerprint density at radius 1 is 1.06 bits per heavy atom. The lowest BCUT2D eigenvalue weighted by molar-refractivity contribution is -0.118. The van der Waals surface area contributed by atoms with Crippen LogP contribution in [0.5, 0.6) is 0 Å². The smallest absolute Gasteiger partial charge is 0.250 e. The molecule has 0 aliphatic carbocycles. The molecule has 0 saturated carbocycles. The monoisotopic (exact) mass is 535 g/mol. The standard InChI is InChI=1S/C24H22BrN7OS/c1-31(2)20-7-3-17(4-8-20)15-27-28-22(33)16-34-24-30-29-23(18-11-13-26-14-12-18)32(24)21-9-5-19(25)6-10-21/h3-15H,16H2,1-2H3,(H,28,33). The average molecular weight is 536 g/mol. The van der Waals surface area contributed by atoms with E-state index in [0.717, 1.165) is 27.0 Å². The molecule has 0 aliphatic rings. The van der Waals surface area contributed by atoms with Crippen molar-refractivity contribution in [2.45, 2.75) is 5.16 Å². The van der Waals surface area contributed by atoms with Gasteiger partial charge in [0.25, 0.3) is 5.91 Å². The van der Waals surface area contributed by atoms with Crippen molar-refractivity contribution in [2.75, 3.05) is 24.7 Å². The normalized spacial score (nSPS) is 11.0. The van der Waals surface area contributed by atoms with Crippen molar-refractivity contribution in [2.24, 2.45) is 5.10 Å². The van der Waals surface area contributed by atoms with Crippen LogP contribution in [0.15, 0.2) is 87.8 Å². The summed E-state index contributed by atoms with van der Waals surface area (Å²) in [5.41, 5.74) is 6.34. The first-order chi connectivity index (χ1) is 16.5. The van der Waals surface area contributed by atoms with Gasteiger partial charge in [0, 0.05) is 47.9 Å². The van der Waals surface area contributed by atoms with Gasteiger partial charge >= 0.3 is 0 Å². The van der Waals surface area contributed by atoms with Crippen LogP contribution >= 0.6 is 27.7 Å². The first-order valence-corrected chi connectivity index (χ1v) is 12.1. The highest BCUT2D eigenvalue weighted by atomic mass is 79.9. The van der Waals surface area contributed by atoms with Gasteiger partial charge in [0.05, 0.1) is 12.0 Å². The van der Waals surface area contributed by atoms with E-state index in [-0.39, 0.29) is 11.7 Å². The second kappa shape index (κ2) is 11.1. The van der Waals surface area contributed by atoms with Crippen LogP contribution in [0.1, 0.15) is 5.56 Å². The summed E-state index contributed by atoms with van der Waals surface area (Å²) in [7, 11) is 3.97. The van der Waals surface area contributed by atoms with E-state index >= 15 is 0 Å². The van der Waals surface area contributed by atoms with Crippen molar-refractivity contribution >= 4 is 45.5 Å². The summed E-state index contributed by atoms with van der Waals surface area (Å²) in [6.07, 6.45) is 5.04. The molecule has 0 spiro atoms. The molecule has 0 fully saturated rings. The fraction of sp³-hybridized carbons (Fsp3) is 0.125. The minimum absolute atomic E-state index is 0.141. The number of hydrogen-bond donors (Lipinski definition) is 1. The van der Waals surface area contributed by atoms with Crippen LogP contribution in [0.4, 0.5) is 5.69 Å². The zero-order chi connectivity index (χ0) is 23.9. The number of hydrogen-bond acceptors (Lipinski definition) is 7. The third-order valence-electron chi connectivity index (χ3n) is 4.80. The molecule has 0 bridgehead atoms. The molecule has 1 amide bonds. The lowest BCUT2D eigenvalue weighted by atomic mass is 10.2. The Hall–Kier alpha value is -3.50. The molecule has 4 rings (SSSR count). The molecule has 0 aliphatic heterocycles. The first kappa shape index (κ1) is 23.7. The molecule has 0 atom stereocenters. The topological polar surface area (TPSA) is 88.3 Å². The molecular weight excluding hydrogens is 514 g/mol. The molecule has 2 aromatic heterocycles. The maximum absolute atomic E-state index is 12.4. The molecular formula is C24H22BrN7OS. The van der Waals surface area contributed by atoms with Gasteiger partial charge in [-0.3, -0.25) is 14.3 Å². The lowest BCUT2D eigenvalue weighted by Crippen LogP contribution is -2.20. The molecule has 8 nitrogen and oxygen atoms in total. The van der Waals surface area contributed by atoms with Gasteiger partial charge in [-0.15, -0.1) is 10.2 Å². The molecule has 0 unspecified atom stereocenters. The summed E-state index contributed by atoms with van der Waals surface area (Å²) in [6, 6.07) is 19.5. The number of nitrogens with zero attached hydrogens (tertiary/aromatic N) is 6. The number of rotatable bonds is 8. The first-order valence-electron chi connectivity index (χ1n) is 10.3. The number of carbonyl (C=O) groups excluding carboxylic acids is 1. The second-order valence-corrected chi connectivity index (χ2v) is 9.28. The van der Waals surface area contributed by atoms with Crippen molar-refractivity contribution in [3.05, 3.63) is 83.1 Å². The van der Waals surface area contributed by atoms with Gasteiger partial charge in [0.1, 0.15) is 0 Å². The molecule has 0 radical (unpaired) electrons. The van der Waals surface area contributed by atoms with Gasteiger partial charge in [-0.25, -0.2) is 5.43 Å². The number of halogens is 1. The number of amides is 1. The summed E-state index contributed by atoms with van der Waals surface area (Å²) in [6.45, 7) is 0. The third-order valence-corrected chi connectivity index (χ3v) is 6.26. The fourth-order valence-corrected chi connectivity index (χ4v) is 4.08. The number of aromatic nitrogens is 4. The maximum atomic E-state index is 12.4. The van der Waals surface area contributed by atoms with Crippen molar-refractivity contribution in [3.8, 4) is 17.1 Å². The van der Waals surface area contributed by atoms with Crippen LogP contribution in [0.2, 0.25) is 0 Å². The van der Waals surface area contributed by atoms with Crippen molar-refractivity contribution < 1.29 is 4.79 Å². The number of anilines is 1.